The first kappa shape index (κ1) is 22.8. The fraction of sp³-hybridized carbons (Fsp3) is 0.381. The van der Waals surface area contributed by atoms with Gasteiger partial charge in [0.15, 0.2) is 0 Å². The Bertz CT molecular complexity index is 1040. The third-order valence-corrected chi connectivity index (χ3v) is 5.52. The van der Waals surface area contributed by atoms with Gasteiger partial charge in [-0.3, -0.25) is 25.0 Å². The standard InChI is InChI=1S/C21H25N5O6/c1-14-13-23(15-5-7-16(8-6-15)25(28)29)9-10-24(14)21(27)17-11-19(26(30)31)18(22(2)3)12-20(17)32-4/h5-8,11-12,14H,9-10,13H2,1-4H3/t14-/m1/s1. The summed E-state index contributed by atoms with van der Waals surface area (Å²) in [4.78, 5) is 40.1. The monoisotopic (exact) mass is 443 g/mol. The van der Waals surface area contributed by atoms with Crippen LogP contribution in [-0.4, -0.2) is 67.5 Å². The van der Waals surface area contributed by atoms with Crippen molar-refractivity contribution in [1.29, 1.82) is 0 Å². The van der Waals surface area contributed by atoms with Gasteiger partial charge < -0.3 is 19.4 Å². The number of benzene rings is 2. The molecule has 0 N–H and O–H groups in total. The predicted octanol–water partition coefficient (Wildman–Crippen LogP) is 2.93. The number of piperazine rings is 1. The van der Waals surface area contributed by atoms with Crippen molar-refractivity contribution in [1.82, 2.24) is 4.90 Å². The Morgan fingerprint density at radius 1 is 1.09 bits per heavy atom. The van der Waals surface area contributed by atoms with Gasteiger partial charge in [-0.25, -0.2) is 0 Å². The zero-order valence-electron chi connectivity index (χ0n) is 18.3. The Morgan fingerprint density at radius 2 is 1.75 bits per heavy atom. The van der Waals surface area contributed by atoms with E-state index in [2.05, 4.69) is 0 Å². The molecule has 1 heterocycles. The quantitative estimate of drug-likeness (QED) is 0.493. The number of methoxy groups -OCH3 is 1. The van der Waals surface area contributed by atoms with Gasteiger partial charge in [-0.05, 0) is 19.1 Å². The highest BCUT2D eigenvalue weighted by Gasteiger charge is 2.32. The molecular weight excluding hydrogens is 418 g/mol. The molecule has 1 atom stereocenters. The van der Waals surface area contributed by atoms with E-state index in [-0.39, 0.29) is 34.6 Å². The van der Waals surface area contributed by atoms with E-state index in [4.69, 9.17) is 4.74 Å². The summed E-state index contributed by atoms with van der Waals surface area (Å²) in [6, 6.07) is 8.86. The number of rotatable bonds is 6. The van der Waals surface area contributed by atoms with Crippen LogP contribution < -0.4 is 14.5 Å². The molecule has 1 aliphatic rings. The number of nitro benzene ring substituents is 2. The minimum Gasteiger partial charge on any atom is -0.496 e. The van der Waals surface area contributed by atoms with Crippen molar-refractivity contribution >= 4 is 28.7 Å². The minimum absolute atomic E-state index is 0.0190. The van der Waals surface area contributed by atoms with Crippen LogP contribution in [0.3, 0.4) is 0 Å². The second-order valence-electron chi connectivity index (χ2n) is 7.76. The molecule has 0 radical (unpaired) electrons. The largest absolute Gasteiger partial charge is 0.496 e. The second kappa shape index (κ2) is 9.08. The summed E-state index contributed by atoms with van der Waals surface area (Å²) in [7, 11) is 4.79. The summed E-state index contributed by atoms with van der Waals surface area (Å²) in [5.41, 5.74) is 1.17. The van der Waals surface area contributed by atoms with E-state index in [1.807, 2.05) is 11.8 Å². The maximum Gasteiger partial charge on any atom is 0.293 e. The number of hydrogen-bond acceptors (Lipinski definition) is 8. The van der Waals surface area contributed by atoms with Crippen molar-refractivity contribution in [2.75, 3.05) is 50.6 Å². The van der Waals surface area contributed by atoms with Gasteiger partial charge in [-0.15, -0.1) is 0 Å². The molecule has 1 saturated heterocycles. The zero-order valence-corrected chi connectivity index (χ0v) is 18.3. The maximum atomic E-state index is 13.3. The molecule has 1 aliphatic heterocycles. The van der Waals surface area contributed by atoms with E-state index >= 15 is 0 Å². The van der Waals surface area contributed by atoms with Gasteiger partial charge in [0.25, 0.3) is 17.3 Å². The van der Waals surface area contributed by atoms with Crippen LogP contribution in [0.5, 0.6) is 5.75 Å². The highest BCUT2D eigenvalue weighted by molar-refractivity contribution is 5.99. The summed E-state index contributed by atoms with van der Waals surface area (Å²) in [5, 5.41) is 22.4. The summed E-state index contributed by atoms with van der Waals surface area (Å²) in [5.74, 6) is -0.0691. The lowest BCUT2D eigenvalue weighted by atomic mass is 10.1. The van der Waals surface area contributed by atoms with E-state index < -0.39 is 9.85 Å². The molecule has 0 aliphatic carbocycles. The van der Waals surface area contributed by atoms with Crippen LogP contribution >= 0.6 is 0 Å². The highest BCUT2D eigenvalue weighted by Crippen LogP contribution is 2.35. The van der Waals surface area contributed by atoms with Gasteiger partial charge in [0.05, 0.1) is 22.5 Å². The fourth-order valence-electron chi connectivity index (χ4n) is 3.83. The van der Waals surface area contributed by atoms with Crippen LogP contribution in [0, 0.1) is 20.2 Å². The summed E-state index contributed by atoms with van der Waals surface area (Å²) in [6.45, 7) is 3.33. The van der Waals surface area contributed by atoms with Crippen molar-refractivity contribution in [2.45, 2.75) is 13.0 Å². The molecule has 170 valence electrons. The molecule has 0 spiro atoms. The molecule has 0 unspecified atom stereocenters. The van der Waals surface area contributed by atoms with Gasteiger partial charge >= 0.3 is 0 Å². The smallest absolute Gasteiger partial charge is 0.293 e. The lowest BCUT2D eigenvalue weighted by Crippen LogP contribution is -2.54. The van der Waals surface area contributed by atoms with Crippen LogP contribution in [0.1, 0.15) is 17.3 Å². The van der Waals surface area contributed by atoms with Crippen molar-refractivity contribution < 1.29 is 19.4 Å². The van der Waals surface area contributed by atoms with Gasteiger partial charge in [0.1, 0.15) is 11.4 Å². The normalized spacial score (nSPS) is 15.9. The molecular formula is C21H25N5O6. The third kappa shape index (κ3) is 4.41. The molecule has 3 rings (SSSR count). The predicted molar refractivity (Wildman–Crippen MR) is 120 cm³/mol. The molecule has 1 fully saturated rings. The third-order valence-electron chi connectivity index (χ3n) is 5.52. The lowest BCUT2D eigenvalue weighted by molar-refractivity contribution is -0.384. The van der Waals surface area contributed by atoms with Crippen LogP contribution in [-0.2, 0) is 0 Å². The fourth-order valence-corrected chi connectivity index (χ4v) is 3.83. The first-order chi connectivity index (χ1) is 15.1. The first-order valence-corrected chi connectivity index (χ1v) is 9.98. The average Bonchev–Trinajstić information content (AvgIpc) is 2.77. The Kier molecular flexibility index (Phi) is 6.47. The molecule has 1 amide bonds. The number of hydrogen-bond donors (Lipinski definition) is 0. The molecule has 11 heteroatoms. The molecule has 2 aromatic carbocycles. The van der Waals surface area contributed by atoms with Crippen molar-refractivity contribution in [3.63, 3.8) is 0 Å². The van der Waals surface area contributed by atoms with Gasteiger partial charge in [0, 0.05) is 69.7 Å². The average molecular weight is 443 g/mol. The summed E-state index contributed by atoms with van der Waals surface area (Å²) >= 11 is 0. The van der Waals surface area contributed by atoms with Gasteiger partial charge in [-0.2, -0.15) is 0 Å². The molecule has 0 bridgehead atoms. The van der Waals surface area contributed by atoms with E-state index in [9.17, 15) is 25.0 Å². The van der Waals surface area contributed by atoms with Crippen LogP contribution in [0.15, 0.2) is 36.4 Å². The molecule has 0 aromatic heterocycles. The number of nitro groups is 2. The molecule has 0 saturated carbocycles. The van der Waals surface area contributed by atoms with E-state index in [0.717, 1.165) is 5.69 Å². The van der Waals surface area contributed by atoms with Crippen LogP contribution in [0.2, 0.25) is 0 Å². The first-order valence-electron chi connectivity index (χ1n) is 9.98. The van der Waals surface area contributed by atoms with Crippen molar-refractivity contribution in [2.24, 2.45) is 0 Å². The lowest BCUT2D eigenvalue weighted by Gasteiger charge is -2.41. The number of non-ortho nitro benzene ring substituents is 1. The summed E-state index contributed by atoms with van der Waals surface area (Å²) < 4.78 is 5.38. The van der Waals surface area contributed by atoms with Crippen LogP contribution in [0.25, 0.3) is 0 Å². The minimum atomic E-state index is -0.512. The van der Waals surface area contributed by atoms with Crippen molar-refractivity contribution in [3.8, 4) is 5.75 Å². The number of nitrogens with zero attached hydrogens (tertiary/aromatic N) is 5. The molecule has 32 heavy (non-hydrogen) atoms. The SMILES string of the molecule is COc1cc(N(C)C)c([N+](=O)[O-])cc1C(=O)N1CCN(c2ccc([N+](=O)[O-])cc2)C[C@H]1C. The number of amides is 1. The Labute approximate surface area is 185 Å². The van der Waals surface area contributed by atoms with Crippen LogP contribution in [0.4, 0.5) is 22.7 Å². The van der Waals surface area contributed by atoms with E-state index in [1.54, 1.807) is 36.0 Å². The Balaban J connectivity index is 1.84. The van der Waals surface area contributed by atoms with E-state index in [0.29, 0.717) is 25.3 Å². The zero-order chi connectivity index (χ0) is 23.6. The number of carbonyl (C=O) groups excluding carboxylic acids is 1. The van der Waals surface area contributed by atoms with Crippen molar-refractivity contribution in [3.05, 3.63) is 62.2 Å². The summed E-state index contributed by atoms with van der Waals surface area (Å²) in [6.07, 6.45) is 0. The number of ether oxygens (including phenoxy) is 1. The molecule has 11 nitrogen and oxygen atoms in total. The van der Waals surface area contributed by atoms with E-state index in [1.165, 1.54) is 31.4 Å². The second-order valence-corrected chi connectivity index (χ2v) is 7.76. The topological polar surface area (TPSA) is 122 Å². The Morgan fingerprint density at radius 3 is 2.25 bits per heavy atom. The maximum absolute atomic E-state index is 13.3. The number of carbonyl (C=O) groups is 1. The Hall–Kier alpha value is -3.89. The number of anilines is 2. The van der Waals surface area contributed by atoms with Gasteiger partial charge in [-0.1, -0.05) is 0 Å². The highest BCUT2D eigenvalue weighted by atomic mass is 16.6. The van der Waals surface area contributed by atoms with Gasteiger partial charge in [0.2, 0.25) is 0 Å². The molecule has 2 aromatic rings.